The van der Waals surface area contributed by atoms with Gasteiger partial charge in [0.2, 0.25) is 17.7 Å². The molecule has 682 valence electrons. The fraction of sp³-hybridized carbons (Fsp3) is 0.806. The van der Waals surface area contributed by atoms with Crippen molar-refractivity contribution in [1.29, 1.82) is 0 Å². The van der Waals surface area contributed by atoms with Gasteiger partial charge in [-0.25, -0.2) is 4.79 Å². The summed E-state index contributed by atoms with van der Waals surface area (Å²) in [5.41, 5.74) is -0.914. The molecule has 3 saturated carbocycles. The topological polar surface area (TPSA) is 331 Å². The molecule has 3 aliphatic carbocycles. The number of carbonyl (C=O) groups excluding carboxylic acids is 6. The summed E-state index contributed by atoms with van der Waals surface area (Å²) in [6.45, 7) is 46.7. The summed E-state index contributed by atoms with van der Waals surface area (Å²) in [7, 11) is 4.96. The molecule has 12 aliphatic rings. The lowest BCUT2D eigenvalue weighted by atomic mass is 9.68. The predicted octanol–water partition coefficient (Wildman–Crippen LogP) is 12.3. The Morgan fingerprint density at radius 3 is 1.19 bits per heavy atom. The molecule has 0 aromatic heterocycles. The van der Waals surface area contributed by atoms with Crippen LogP contribution >= 0.6 is 0 Å². The van der Waals surface area contributed by atoms with Crippen molar-refractivity contribution in [1.82, 2.24) is 30.7 Å². The van der Waals surface area contributed by atoms with Gasteiger partial charge in [-0.05, 0) is 199 Å². The Labute approximate surface area is 720 Å². The van der Waals surface area contributed by atoms with Crippen molar-refractivity contribution < 1.29 is 95.3 Å². The van der Waals surface area contributed by atoms with Crippen molar-refractivity contribution in [3.63, 3.8) is 0 Å². The van der Waals surface area contributed by atoms with E-state index >= 15 is 0 Å². The first-order valence-electron chi connectivity index (χ1n) is 45.5. The highest BCUT2D eigenvalue weighted by Gasteiger charge is 2.75. The van der Waals surface area contributed by atoms with E-state index in [1.165, 1.54) is 81.5 Å². The molecule has 21 atom stereocenters. The summed E-state index contributed by atoms with van der Waals surface area (Å²) in [6.07, 6.45) is 20.4. The van der Waals surface area contributed by atoms with Crippen LogP contribution in [0.5, 0.6) is 5.75 Å². The number of nitrogens with zero attached hydrogens (tertiary/aromatic N) is 4. The van der Waals surface area contributed by atoms with E-state index in [0.29, 0.717) is 69.9 Å². The van der Waals surface area contributed by atoms with E-state index in [-0.39, 0.29) is 155 Å². The van der Waals surface area contributed by atoms with E-state index in [1.54, 1.807) is 21.3 Å². The van der Waals surface area contributed by atoms with Crippen LogP contribution in [0.1, 0.15) is 207 Å². The molecule has 13 rings (SSSR count). The standard InChI is InChI=1S/2C29H48N2O6.C23H29NO8.C12H24N2O/c2*1-19(2)9-10-23-28(5,37-23)26-25(34-6)22(11-12-29(26)18-35-29)36-24(32)17-21(20(3)4)27(33)30-13-16-31-14-7-8-15-31;1-14(2)5-10-18-22(3,32-18)20-19(28-4)17(11-12-23(20)13-29-23)31-21(25)30-16-8-6-15(7-9-16)24(26)27;1-10(2)11(3)12(15)13-6-9-14-7-4-5-8-14/h9,20-23,25-26H,7-8,10-18H2,1-6H3,(H,30,33);9-10,19-23,25-26H,7-8,11-18H2,1-6H3,(H,30,33);5-10,14,17-20H,11-13H2,1-4H3;10-11H,4-9H2,1-3H3,(H,13,15)/b;10-9+;10-5+;/t21-,22-,23-,25-,26-,28+,29+;21-,22-,23-,25-,26?,28+,29+;17-,18-,19-,20?,22-,23+;11-/m1110/s1. The zero-order chi connectivity index (χ0) is 87.9. The van der Waals surface area contributed by atoms with Crippen molar-refractivity contribution >= 4 is 41.5 Å². The van der Waals surface area contributed by atoms with Gasteiger partial charge in [0.25, 0.3) is 5.69 Å². The number of hydrogen-bond donors (Lipinski definition) is 3. The molecule has 3 spiro atoms. The van der Waals surface area contributed by atoms with E-state index in [1.807, 2.05) is 34.6 Å². The number of epoxide rings is 6. The second-order valence-corrected chi connectivity index (χ2v) is 38.7. The van der Waals surface area contributed by atoms with Gasteiger partial charge in [0, 0.05) is 78.6 Å². The van der Waals surface area contributed by atoms with Crippen LogP contribution in [0.2, 0.25) is 0 Å². The van der Waals surface area contributed by atoms with Crippen LogP contribution in [0.3, 0.4) is 0 Å². The number of esters is 2. The van der Waals surface area contributed by atoms with Crippen LogP contribution in [-0.4, -0.2) is 264 Å². The van der Waals surface area contributed by atoms with Gasteiger partial charge in [-0.1, -0.05) is 112 Å². The van der Waals surface area contributed by atoms with Crippen molar-refractivity contribution in [2.75, 3.05) is 120 Å². The minimum absolute atomic E-state index is 0.00246. The van der Waals surface area contributed by atoms with E-state index in [9.17, 15) is 38.9 Å². The number of amides is 3. The maximum absolute atomic E-state index is 13.1. The lowest BCUT2D eigenvalue weighted by molar-refractivity contribution is -0.384. The Kier molecular flexibility index (Phi) is 34.5. The second kappa shape index (κ2) is 43.0. The Morgan fingerprint density at radius 2 is 0.868 bits per heavy atom. The van der Waals surface area contributed by atoms with Gasteiger partial charge in [-0.3, -0.25) is 34.1 Å². The van der Waals surface area contributed by atoms with Crippen molar-refractivity contribution in [3.8, 4) is 5.75 Å². The summed E-state index contributed by atoms with van der Waals surface area (Å²) < 4.78 is 77.2. The van der Waals surface area contributed by atoms with Gasteiger partial charge < -0.3 is 92.2 Å². The van der Waals surface area contributed by atoms with Gasteiger partial charge in [0.15, 0.2) is 0 Å². The number of carbonyl (C=O) groups is 6. The number of ether oxygens (including phenoxy) is 13. The Morgan fingerprint density at radius 1 is 0.512 bits per heavy atom. The maximum Gasteiger partial charge on any atom is 0.514 e. The summed E-state index contributed by atoms with van der Waals surface area (Å²) in [5, 5.41) is 19.9. The van der Waals surface area contributed by atoms with Gasteiger partial charge in [0.1, 0.15) is 88.2 Å². The highest BCUT2D eigenvalue weighted by atomic mass is 16.7. The number of allylic oxidation sites excluding steroid dienone is 3. The normalized spacial score (nSPS) is 34.0. The van der Waals surface area contributed by atoms with Crippen LogP contribution in [0.15, 0.2) is 60.2 Å². The minimum Gasteiger partial charge on any atom is -0.460 e. The molecule has 2 unspecified atom stereocenters. The summed E-state index contributed by atoms with van der Waals surface area (Å²) in [4.78, 5) is 93.6. The number of hydrogen-bond acceptors (Lipinski definition) is 24. The highest BCUT2D eigenvalue weighted by Crippen LogP contribution is 2.62. The van der Waals surface area contributed by atoms with Crippen LogP contribution < -0.4 is 20.7 Å². The molecule has 3 amide bonds. The molecular weight excluding hydrogens is 1550 g/mol. The van der Waals surface area contributed by atoms with Crippen LogP contribution in [0.25, 0.3) is 0 Å². The van der Waals surface area contributed by atoms with Crippen molar-refractivity contribution in [2.45, 2.75) is 296 Å². The molecular formula is C93H149N7O21. The first kappa shape index (κ1) is 97.2. The molecule has 12 fully saturated rings. The molecule has 9 aliphatic heterocycles. The SMILES string of the molecule is CC(C)[C@H](C)C(=O)NCCN1CCCC1.CO[C@@H]1[C@H](OC(=O)C[C@@H](C(=O)NCCN2CCCC2)C(C)C)CC[C@]2(CO2)[C@H]1[C@@]1(C)O[C@@H]1CC=C(C)C.CO[C@H]1C([C@@]2(C)O[C@@H]2/C=C/C(C)C)[C@]2(CC[C@H]1OC(=O)C[C@@H](C(=O)NCCN1CCCC1)C(C)C)CO2.CO[C@H]1C([C@]2(C)O[C@@H]2/C=C/C(C)C)[C@]2(CC[C@H]1OC(=O)Oc1ccc([N+](=O)[O-])cc1)CO2. The number of benzene rings is 1. The average Bonchev–Trinajstić information content (AvgIpc) is 1.54. The maximum atomic E-state index is 13.1. The van der Waals surface area contributed by atoms with Gasteiger partial charge in [-0.2, -0.15) is 0 Å². The smallest absolute Gasteiger partial charge is 0.460 e. The molecule has 28 heteroatoms. The lowest BCUT2D eigenvalue weighted by Crippen LogP contribution is -2.55. The fourth-order valence-electron chi connectivity index (χ4n) is 19.6. The van der Waals surface area contributed by atoms with Gasteiger partial charge in [-0.15, -0.1) is 0 Å². The van der Waals surface area contributed by atoms with E-state index in [0.717, 1.165) is 78.0 Å². The first-order chi connectivity index (χ1) is 57.5. The molecule has 9 heterocycles. The number of likely N-dealkylation sites (tertiary alicyclic amines) is 3. The number of non-ortho nitro benzene ring substituents is 1. The third-order valence-corrected chi connectivity index (χ3v) is 27.7. The predicted molar refractivity (Wildman–Crippen MR) is 458 cm³/mol. The summed E-state index contributed by atoms with van der Waals surface area (Å²) in [6, 6.07) is 5.24. The third-order valence-electron chi connectivity index (χ3n) is 27.7. The van der Waals surface area contributed by atoms with E-state index in [4.69, 9.17) is 61.6 Å². The molecule has 1 aromatic rings. The third kappa shape index (κ3) is 25.7. The van der Waals surface area contributed by atoms with E-state index in [2.05, 4.69) is 137 Å². The summed E-state index contributed by atoms with van der Waals surface area (Å²) in [5.74, 6) is 0.0616. The summed E-state index contributed by atoms with van der Waals surface area (Å²) >= 11 is 0. The zero-order valence-corrected chi connectivity index (χ0v) is 76.3. The Bertz CT molecular complexity index is 3650. The number of methoxy groups -OCH3 is 3. The van der Waals surface area contributed by atoms with Crippen molar-refractivity contribution in [3.05, 3.63) is 70.3 Å². The van der Waals surface area contributed by atoms with Crippen LogP contribution in [0.4, 0.5) is 10.5 Å². The molecule has 9 saturated heterocycles. The molecule has 3 N–H and O–H groups in total. The number of nitro groups is 1. The molecule has 121 heavy (non-hydrogen) atoms. The van der Waals surface area contributed by atoms with Gasteiger partial charge in [0.05, 0.1) is 73.3 Å². The minimum atomic E-state index is -0.879. The molecule has 28 nitrogen and oxygen atoms in total. The van der Waals surface area contributed by atoms with Crippen LogP contribution in [-0.2, 0) is 80.8 Å². The van der Waals surface area contributed by atoms with E-state index < -0.39 is 46.3 Å². The number of nitro benzene ring substituents is 1. The number of nitrogens with one attached hydrogen (secondary N) is 3. The molecule has 1 aromatic carbocycles. The quantitative estimate of drug-likeness (QED) is 0.0107. The number of rotatable bonds is 36. The van der Waals surface area contributed by atoms with Crippen LogP contribution in [0, 0.1) is 75.2 Å². The Hall–Kier alpha value is -6.02. The zero-order valence-electron chi connectivity index (χ0n) is 76.3. The molecule has 0 bridgehead atoms. The molecule has 0 radical (unpaired) electrons. The van der Waals surface area contributed by atoms with Gasteiger partial charge >= 0.3 is 18.1 Å². The fourth-order valence-corrected chi connectivity index (χ4v) is 19.6. The monoisotopic (exact) mass is 1700 g/mol. The largest absolute Gasteiger partial charge is 0.514 e. The lowest BCUT2D eigenvalue weighted by Gasteiger charge is -2.42. The average molecular weight is 1700 g/mol. The first-order valence-corrected chi connectivity index (χ1v) is 45.5. The second-order valence-electron chi connectivity index (χ2n) is 38.7. The highest BCUT2D eigenvalue weighted by molar-refractivity contribution is 5.85. The Balaban J connectivity index is 0.000000176. The van der Waals surface area contributed by atoms with Crippen molar-refractivity contribution in [2.24, 2.45) is 65.1 Å².